The number of nitrogens with two attached hydrogens (primary N) is 1. The number of rotatable bonds is 1. The molecule has 6 heteroatoms. The summed E-state index contributed by atoms with van der Waals surface area (Å²) in [7, 11) is 0. The Kier molecular flexibility index (Phi) is 3.07. The van der Waals surface area contributed by atoms with Gasteiger partial charge in [-0.15, -0.1) is 0 Å². The van der Waals surface area contributed by atoms with Crippen LogP contribution in [0.15, 0.2) is 30.3 Å². The molecule has 20 heavy (non-hydrogen) atoms. The Morgan fingerprint density at radius 3 is 2.50 bits per heavy atom. The molecule has 0 spiro atoms. The summed E-state index contributed by atoms with van der Waals surface area (Å²) in [5.41, 5.74) is 8.92. The highest BCUT2D eigenvalue weighted by Crippen LogP contribution is 2.35. The second-order valence-corrected chi connectivity index (χ2v) is 5.28. The van der Waals surface area contributed by atoms with Crippen LogP contribution in [0.4, 0.5) is 10.3 Å². The first kappa shape index (κ1) is 13.2. The number of para-hydroxylation sites is 1. The zero-order valence-corrected chi connectivity index (χ0v) is 12.0. The number of aromatic nitrogens is 2. The molecular formula is C14H10Cl2FN3. The van der Waals surface area contributed by atoms with Gasteiger partial charge in [0.2, 0.25) is 5.95 Å². The van der Waals surface area contributed by atoms with E-state index in [1.807, 2.05) is 25.1 Å². The fourth-order valence-corrected chi connectivity index (χ4v) is 2.92. The molecule has 3 rings (SSSR count). The number of nitrogen functional groups attached to an aromatic ring is 1. The molecule has 0 unspecified atom stereocenters. The minimum Gasteiger partial charge on any atom is -0.369 e. The number of fused-ring (bicyclic) bond motifs is 1. The monoisotopic (exact) mass is 309 g/mol. The number of anilines is 1. The highest BCUT2D eigenvalue weighted by atomic mass is 35.5. The van der Waals surface area contributed by atoms with Crippen LogP contribution in [0, 0.1) is 12.7 Å². The average Bonchev–Trinajstić information content (AvgIpc) is 2.66. The molecule has 3 nitrogen and oxygen atoms in total. The van der Waals surface area contributed by atoms with Crippen LogP contribution in [0.1, 0.15) is 5.56 Å². The summed E-state index contributed by atoms with van der Waals surface area (Å²) < 4.78 is 15.0. The Hall–Kier alpha value is -1.78. The maximum absolute atomic E-state index is 13.3. The smallest absolute Gasteiger partial charge is 0.206 e. The fourth-order valence-electron chi connectivity index (χ4n) is 2.29. The van der Waals surface area contributed by atoms with Crippen LogP contribution in [-0.2, 0) is 0 Å². The van der Waals surface area contributed by atoms with Gasteiger partial charge in [0.05, 0.1) is 26.8 Å². The normalized spacial score (nSPS) is 11.2. The molecular weight excluding hydrogens is 300 g/mol. The number of hydrogen-bond donors (Lipinski definition) is 1. The van der Waals surface area contributed by atoms with Crippen molar-refractivity contribution in [3.8, 4) is 5.69 Å². The van der Waals surface area contributed by atoms with Crippen molar-refractivity contribution >= 4 is 40.2 Å². The van der Waals surface area contributed by atoms with E-state index in [4.69, 9.17) is 28.9 Å². The molecule has 2 N–H and O–H groups in total. The van der Waals surface area contributed by atoms with E-state index in [0.717, 1.165) is 16.6 Å². The van der Waals surface area contributed by atoms with Gasteiger partial charge < -0.3 is 5.73 Å². The number of nitrogens with zero attached hydrogens (tertiary/aromatic N) is 2. The van der Waals surface area contributed by atoms with Gasteiger partial charge in [-0.25, -0.2) is 9.37 Å². The second kappa shape index (κ2) is 4.65. The maximum Gasteiger partial charge on any atom is 0.206 e. The third-order valence-corrected chi connectivity index (χ3v) is 3.69. The Bertz CT molecular complexity index is 804. The number of halogens is 3. The Balaban J connectivity index is 2.44. The molecule has 0 atom stereocenters. The summed E-state index contributed by atoms with van der Waals surface area (Å²) in [5, 5.41) is 0.369. The van der Waals surface area contributed by atoms with E-state index in [1.165, 1.54) is 12.1 Å². The lowest BCUT2D eigenvalue weighted by molar-refractivity contribution is 0.627. The van der Waals surface area contributed by atoms with Crippen LogP contribution in [0.3, 0.4) is 0 Å². The minimum atomic E-state index is -0.497. The molecule has 0 aliphatic rings. The molecule has 0 bridgehead atoms. The number of benzene rings is 2. The largest absolute Gasteiger partial charge is 0.369 e. The van der Waals surface area contributed by atoms with Crippen molar-refractivity contribution in [3.63, 3.8) is 0 Å². The van der Waals surface area contributed by atoms with Gasteiger partial charge in [0.1, 0.15) is 5.82 Å². The molecule has 0 amide bonds. The molecule has 0 fully saturated rings. The Morgan fingerprint density at radius 2 is 1.85 bits per heavy atom. The molecule has 2 aromatic carbocycles. The van der Waals surface area contributed by atoms with Crippen molar-refractivity contribution in [1.29, 1.82) is 0 Å². The molecule has 1 aromatic heterocycles. The molecule has 102 valence electrons. The third-order valence-electron chi connectivity index (χ3n) is 3.11. The van der Waals surface area contributed by atoms with Crippen molar-refractivity contribution in [1.82, 2.24) is 9.55 Å². The van der Waals surface area contributed by atoms with Crippen LogP contribution in [0.5, 0.6) is 0 Å². The van der Waals surface area contributed by atoms with Gasteiger partial charge >= 0.3 is 0 Å². The van der Waals surface area contributed by atoms with Crippen LogP contribution >= 0.6 is 23.2 Å². The van der Waals surface area contributed by atoms with Crippen molar-refractivity contribution in [2.24, 2.45) is 0 Å². The van der Waals surface area contributed by atoms with Crippen molar-refractivity contribution in [3.05, 3.63) is 51.8 Å². The number of imidazole rings is 1. The molecule has 0 aliphatic heterocycles. The quantitative estimate of drug-likeness (QED) is 0.725. The number of aryl methyl sites for hydroxylation is 1. The summed E-state index contributed by atoms with van der Waals surface area (Å²) in [6, 6.07) is 8.08. The van der Waals surface area contributed by atoms with Gasteiger partial charge in [-0.05, 0) is 30.7 Å². The first-order chi connectivity index (χ1) is 9.49. The molecule has 0 saturated heterocycles. The lowest BCUT2D eigenvalue weighted by Crippen LogP contribution is -2.03. The van der Waals surface area contributed by atoms with E-state index in [2.05, 4.69) is 4.98 Å². The summed E-state index contributed by atoms with van der Waals surface area (Å²) in [6.45, 7) is 1.94. The van der Waals surface area contributed by atoms with E-state index >= 15 is 0 Å². The molecule has 1 heterocycles. The molecule has 0 aliphatic carbocycles. The van der Waals surface area contributed by atoms with Crippen molar-refractivity contribution in [2.75, 3.05) is 5.73 Å². The summed E-state index contributed by atoms with van der Waals surface area (Å²) in [6.07, 6.45) is 0. The SMILES string of the molecule is Cc1cccc2nc(N)n(-c3c(Cl)cc(F)cc3Cl)c12. The van der Waals surface area contributed by atoms with Crippen molar-refractivity contribution < 1.29 is 4.39 Å². The fraction of sp³-hybridized carbons (Fsp3) is 0.0714. The third kappa shape index (κ3) is 1.92. The highest BCUT2D eigenvalue weighted by Gasteiger charge is 2.18. The maximum atomic E-state index is 13.3. The van der Waals surface area contributed by atoms with Crippen LogP contribution in [0.2, 0.25) is 10.0 Å². The molecule has 0 saturated carbocycles. The zero-order chi connectivity index (χ0) is 14.4. The van der Waals surface area contributed by atoms with E-state index in [0.29, 0.717) is 5.69 Å². The first-order valence-corrected chi connectivity index (χ1v) is 6.63. The first-order valence-electron chi connectivity index (χ1n) is 5.87. The van der Waals surface area contributed by atoms with Crippen molar-refractivity contribution in [2.45, 2.75) is 6.92 Å². The highest BCUT2D eigenvalue weighted by molar-refractivity contribution is 6.38. The van der Waals surface area contributed by atoms with Gasteiger partial charge in [0.15, 0.2) is 0 Å². The van der Waals surface area contributed by atoms with E-state index < -0.39 is 5.82 Å². The topological polar surface area (TPSA) is 43.8 Å². The zero-order valence-electron chi connectivity index (χ0n) is 10.5. The average molecular weight is 310 g/mol. The van der Waals surface area contributed by atoms with Crippen LogP contribution in [-0.4, -0.2) is 9.55 Å². The minimum absolute atomic E-state index is 0.184. The van der Waals surface area contributed by atoms with Crippen LogP contribution in [0.25, 0.3) is 16.7 Å². The summed E-state index contributed by atoms with van der Waals surface area (Å²) in [5.74, 6) is -0.242. The Morgan fingerprint density at radius 1 is 1.20 bits per heavy atom. The van der Waals surface area contributed by atoms with Gasteiger partial charge in [0, 0.05) is 0 Å². The van der Waals surface area contributed by atoms with Crippen LogP contribution < -0.4 is 5.73 Å². The second-order valence-electron chi connectivity index (χ2n) is 4.47. The lowest BCUT2D eigenvalue weighted by Gasteiger charge is -2.12. The predicted octanol–water partition coefficient (Wildman–Crippen LogP) is 4.36. The van der Waals surface area contributed by atoms with Gasteiger partial charge in [0.25, 0.3) is 0 Å². The number of hydrogen-bond acceptors (Lipinski definition) is 2. The lowest BCUT2D eigenvalue weighted by atomic mass is 10.2. The van der Waals surface area contributed by atoms with E-state index in [9.17, 15) is 4.39 Å². The van der Waals surface area contributed by atoms with Gasteiger partial charge in [-0.1, -0.05) is 35.3 Å². The molecule has 0 radical (unpaired) electrons. The van der Waals surface area contributed by atoms with E-state index in [-0.39, 0.29) is 16.0 Å². The van der Waals surface area contributed by atoms with E-state index in [1.54, 1.807) is 4.57 Å². The van der Waals surface area contributed by atoms with Gasteiger partial charge in [-0.3, -0.25) is 4.57 Å². The predicted molar refractivity (Wildman–Crippen MR) is 80.2 cm³/mol. The summed E-state index contributed by atoms with van der Waals surface area (Å²) >= 11 is 12.2. The van der Waals surface area contributed by atoms with Gasteiger partial charge in [-0.2, -0.15) is 0 Å². The standard InChI is InChI=1S/C14H10Cl2FN3/c1-7-3-2-4-11-12(7)20(14(18)19-11)13-9(15)5-8(17)6-10(13)16/h2-6H,1H3,(H2,18,19). The summed E-state index contributed by atoms with van der Waals surface area (Å²) in [4.78, 5) is 4.28. The molecule has 3 aromatic rings. The Labute approximate surface area is 124 Å².